The molecule has 2 saturated carbocycles. The Balaban J connectivity index is 2.28. The van der Waals surface area contributed by atoms with Gasteiger partial charge in [0.25, 0.3) is 0 Å². The smallest absolute Gasteiger partial charge is 0.0911 e. The summed E-state index contributed by atoms with van der Waals surface area (Å²) in [5.41, 5.74) is -0.493. The molecule has 0 unspecified atom stereocenters. The van der Waals surface area contributed by atoms with E-state index >= 15 is 0 Å². The summed E-state index contributed by atoms with van der Waals surface area (Å²) in [5, 5.41) is 21.2. The minimum atomic E-state index is -0.756. The lowest BCUT2D eigenvalue weighted by Gasteiger charge is -2.56. The Morgan fingerprint density at radius 2 is 2.00 bits per heavy atom. The maximum atomic E-state index is 11.0. The highest BCUT2D eigenvalue weighted by atomic mass is 16.3. The van der Waals surface area contributed by atoms with Crippen LogP contribution in [0.1, 0.15) is 59.3 Å². The van der Waals surface area contributed by atoms with Gasteiger partial charge in [-0.05, 0) is 63.9 Å². The second-order valence-corrected chi connectivity index (χ2v) is 6.97. The lowest BCUT2D eigenvalue weighted by atomic mass is 9.52. The molecule has 0 saturated heterocycles. The maximum absolute atomic E-state index is 11.0. The Hall–Kier alpha value is -0.340. The molecule has 0 bridgehead atoms. The zero-order valence-corrected chi connectivity index (χ0v) is 11.4. The fourth-order valence-electron chi connectivity index (χ4n) is 3.81. The molecule has 2 rings (SSSR count). The number of hydrogen-bond acceptors (Lipinski definition) is 2. The third kappa shape index (κ3) is 1.96. The van der Waals surface area contributed by atoms with Crippen molar-refractivity contribution >= 4 is 0 Å². The fourth-order valence-corrected chi connectivity index (χ4v) is 3.81. The van der Waals surface area contributed by atoms with E-state index in [1.165, 1.54) is 0 Å². The van der Waals surface area contributed by atoms with E-state index < -0.39 is 11.2 Å². The first-order valence-electron chi connectivity index (χ1n) is 6.82. The number of rotatable bonds is 1. The minimum Gasteiger partial charge on any atom is -0.390 e. The molecule has 17 heavy (non-hydrogen) atoms. The quantitative estimate of drug-likeness (QED) is 0.689. The van der Waals surface area contributed by atoms with Crippen LogP contribution >= 0.6 is 0 Å². The average Bonchev–Trinajstić information content (AvgIpc) is 2.19. The third-order valence-electron chi connectivity index (χ3n) is 5.38. The van der Waals surface area contributed by atoms with Crippen LogP contribution in [0, 0.1) is 11.3 Å². The molecule has 0 amide bonds. The number of hydrogen-bond donors (Lipinski definition) is 2. The zero-order chi connectivity index (χ0) is 12.9. The number of aliphatic hydroxyl groups is 2. The van der Waals surface area contributed by atoms with Gasteiger partial charge in [0.05, 0.1) is 11.2 Å². The van der Waals surface area contributed by atoms with Gasteiger partial charge in [-0.2, -0.15) is 0 Å². The van der Waals surface area contributed by atoms with E-state index in [1.807, 2.05) is 13.8 Å². The van der Waals surface area contributed by atoms with Gasteiger partial charge in [0.2, 0.25) is 0 Å². The molecule has 2 nitrogen and oxygen atoms in total. The first-order chi connectivity index (χ1) is 7.69. The van der Waals surface area contributed by atoms with Gasteiger partial charge in [-0.3, -0.25) is 0 Å². The summed E-state index contributed by atoms with van der Waals surface area (Å²) in [5.74, 6) is 0.176. The van der Waals surface area contributed by atoms with Gasteiger partial charge in [0.1, 0.15) is 0 Å². The summed E-state index contributed by atoms with van der Waals surface area (Å²) in [7, 11) is 0. The van der Waals surface area contributed by atoms with Crippen molar-refractivity contribution in [2.75, 3.05) is 0 Å². The normalized spacial score (nSPS) is 43.4. The predicted octanol–water partition coefficient (Wildman–Crippen LogP) is 3.03. The average molecular weight is 238 g/mol. The van der Waals surface area contributed by atoms with Crippen LogP contribution in [0.5, 0.6) is 0 Å². The summed E-state index contributed by atoms with van der Waals surface area (Å²) >= 11 is 0. The van der Waals surface area contributed by atoms with Crippen LogP contribution < -0.4 is 0 Å². The van der Waals surface area contributed by atoms with Crippen molar-refractivity contribution in [2.24, 2.45) is 11.3 Å². The Morgan fingerprint density at radius 1 is 1.35 bits per heavy atom. The van der Waals surface area contributed by atoms with Crippen LogP contribution in [0.4, 0.5) is 0 Å². The zero-order valence-electron chi connectivity index (χ0n) is 11.4. The monoisotopic (exact) mass is 238 g/mol. The highest BCUT2D eigenvalue weighted by Crippen LogP contribution is 2.57. The first-order valence-corrected chi connectivity index (χ1v) is 6.82. The van der Waals surface area contributed by atoms with E-state index in [2.05, 4.69) is 13.5 Å². The molecule has 0 radical (unpaired) electrons. The topological polar surface area (TPSA) is 40.5 Å². The van der Waals surface area contributed by atoms with Crippen LogP contribution in [-0.2, 0) is 0 Å². The van der Waals surface area contributed by atoms with E-state index in [0.29, 0.717) is 6.42 Å². The summed E-state index contributed by atoms with van der Waals surface area (Å²) in [6.45, 7) is 10.0. The van der Waals surface area contributed by atoms with Gasteiger partial charge in [0.15, 0.2) is 0 Å². The van der Waals surface area contributed by atoms with E-state index in [9.17, 15) is 10.2 Å². The molecule has 2 aliphatic carbocycles. The van der Waals surface area contributed by atoms with Crippen molar-refractivity contribution in [1.82, 2.24) is 0 Å². The predicted molar refractivity (Wildman–Crippen MR) is 69.7 cm³/mol. The third-order valence-corrected chi connectivity index (χ3v) is 5.38. The van der Waals surface area contributed by atoms with Crippen LogP contribution in [0.15, 0.2) is 12.2 Å². The molecule has 0 aromatic carbocycles. The molecule has 0 heterocycles. The summed E-state index contributed by atoms with van der Waals surface area (Å²) < 4.78 is 0. The lowest BCUT2D eigenvalue weighted by molar-refractivity contribution is -0.140. The Morgan fingerprint density at radius 3 is 2.59 bits per heavy atom. The summed E-state index contributed by atoms with van der Waals surface area (Å²) in [6, 6.07) is 0. The molecule has 98 valence electrons. The summed E-state index contributed by atoms with van der Waals surface area (Å²) in [6.07, 6.45) is 5.84. The van der Waals surface area contributed by atoms with Crippen molar-refractivity contribution in [1.29, 1.82) is 0 Å². The summed E-state index contributed by atoms with van der Waals surface area (Å²) in [4.78, 5) is 0. The van der Waals surface area contributed by atoms with Crippen molar-refractivity contribution in [3.8, 4) is 0 Å². The van der Waals surface area contributed by atoms with Crippen molar-refractivity contribution < 1.29 is 10.2 Å². The molecular formula is C15H26O2. The highest BCUT2D eigenvalue weighted by molar-refractivity contribution is 5.24. The number of fused-ring (bicyclic) bond motifs is 1. The highest BCUT2D eigenvalue weighted by Gasteiger charge is 2.55. The van der Waals surface area contributed by atoms with Crippen molar-refractivity contribution in [3.05, 3.63) is 12.2 Å². The SMILES string of the molecule is C=C1CCC[C@]2(C)CC[C@@H](C(C)(C)O)C[C@@]12O. The molecule has 2 fully saturated rings. The Kier molecular flexibility index (Phi) is 2.95. The molecule has 0 aromatic heterocycles. The molecule has 0 aromatic rings. The van der Waals surface area contributed by atoms with E-state index in [1.54, 1.807) is 0 Å². The van der Waals surface area contributed by atoms with Crippen LogP contribution in [0.3, 0.4) is 0 Å². The van der Waals surface area contributed by atoms with Crippen LogP contribution in [0.2, 0.25) is 0 Å². The minimum absolute atomic E-state index is 0.0237. The van der Waals surface area contributed by atoms with Gasteiger partial charge in [-0.1, -0.05) is 13.5 Å². The van der Waals surface area contributed by atoms with Gasteiger partial charge in [-0.25, -0.2) is 0 Å². The molecule has 2 N–H and O–H groups in total. The van der Waals surface area contributed by atoms with Crippen molar-refractivity contribution in [3.63, 3.8) is 0 Å². The van der Waals surface area contributed by atoms with E-state index in [0.717, 1.165) is 37.7 Å². The van der Waals surface area contributed by atoms with E-state index in [-0.39, 0.29) is 11.3 Å². The Bertz CT molecular complexity index is 328. The molecule has 0 spiro atoms. The van der Waals surface area contributed by atoms with Crippen LogP contribution in [-0.4, -0.2) is 21.4 Å². The van der Waals surface area contributed by atoms with Gasteiger partial charge in [-0.15, -0.1) is 0 Å². The van der Waals surface area contributed by atoms with E-state index in [4.69, 9.17) is 0 Å². The fraction of sp³-hybridized carbons (Fsp3) is 0.867. The first kappa shape index (κ1) is 13.1. The van der Waals surface area contributed by atoms with Gasteiger partial charge in [0, 0.05) is 5.41 Å². The second kappa shape index (κ2) is 3.83. The van der Waals surface area contributed by atoms with Crippen molar-refractivity contribution in [2.45, 2.75) is 70.5 Å². The largest absolute Gasteiger partial charge is 0.390 e. The molecule has 3 atom stereocenters. The molecular weight excluding hydrogens is 212 g/mol. The maximum Gasteiger partial charge on any atom is 0.0911 e. The molecule has 0 aliphatic heterocycles. The second-order valence-electron chi connectivity index (χ2n) is 6.97. The van der Waals surface area contributed by atoms with Crippen LogP contribution in [0.25, 0.3) is 0 Å². The standard InChI is InChI=1S/C15H26O2/c1-11-6-5-8-14(4)9-7-12(13(2,3)16)10-15(11,14)17/h12,16-17H,1,5-10H2,2-4H3/t12-,14-,15-/m1/s1. The Labute approximate surface area is 105 Å². The molecule has 2 heteroatoms. The van der Waals surface area contributed by atoms with Gasteiger partial charge < -0.3 is 10.2 Å². The molecule has 2 aliphatic rings. The lowest BCUT2D eigenvalue weighted by Crippen LogP contribution is -2.56. The van der Waals surface area contributed by atoms with Gasteiger partial charge >= 0.3 is 0 Å².